The fraction of sp³-hybridized carbons (Fsp3) is 0.250. The van der Waals surface area contributed by atoms with Gasteiger partial charge in [0.05, 0.1) is 11.3 Å². The van der Waals surface area contributed by atoms with E-state index in [0.29, 0.717) is 6.29 Å². The lowest BCUT2D eigenvalue weighted by atomic mass is 10.2. The van der Waals surface area contributed by atoms with Gasteiger partial charge < -0.3 is 5.11 Å². The molecule has 0 aliphatic carbocycles. The smallest absolute Gasteiger partial charge is 0.267 e. The molecule has 0 amide bonds. The molecule has 0 atom stereocenters. The number of aromatic nitrogens is 1. The topological polar surface area (TPSA) is 50.2 Å². The molecular weight excluding hydrogens is 180 g/mol. The predicted octanol–water partition coefficient (Wildman–Crippen LogP) is 1.85. The first kappa shape index (κ1) is 9.57. The van der Waals surface area contributed by atoms with Crippen LogP contribution in [0.25, 0.3) is 0 Å². The van der Waals surface area contributed by atoms with Crippen molar-refractivity contribution in [3.63, 3.8) is 0 Å². The molecular formula is C8H7F2NO2. The van der Waals surface area contributed by atoms with Crippen molar-refractivity contribution in [1.29, 1.82) is 0 Å². The van der Waals surface area contributed by atoms with Crippen molar-refractivity contribution in [1.82, 2.24) is 4.98 Å². The SMILES string of the molecule is Cc1nc(C=O)cc(C(F)F)c1O. The van der Waals surface area contributed by atoms with Crippen LogP contribution in [0.1, 0.15) is 28.2 Å². The van der Waals surface area contributed by atoms with Crippen molar-refractivity contribution in [2.24, 2.45) is 0 Å². The number of carbonyl (C=O) groups is 1. The van der Waals surface area contributed by atoms with E-state index in [2.05, 4.69) is 4.98 Å². The van der Waals surface area contributed by atoms with Gasteiger partial charge in [-0.25, -0.2) is 13.8 Å². The number of pyridine rings is 1. The molecule has 0 radical (unpaired) electrons. The Bertz CT molecular complexity index is 339. The lowest BCUT2D eigenvalue weighted by molar-refractivity contribution is 0.111. The van der Waals surface area contributed by atoms with Crippen LogP contribution in [-0.2, 0) is 0 Å². The van der Waals surface area contributed by atoms with Gasteiger partial charge in [-0.15, -0.1) is 0 Å². The summed E-state index contributed by atoms with van der Waals surface area (Å²) in [4.78, 5) is 13.8. The molecule has 0 aliphatic rings. The van der Waals surface area contributed by atoms with Gasteiger partial charge in [0.15, 0.2) is 6.29 Å². The number of carbonyl (C=O) groups excluding carboxylic acids is 1. The minimum absolute atomic E-state index is 0.0277. The fourth-order valence-electron chi connectivity index (χ4n) is 0.942. The summed E-state index contributed by atoms with van der Waals surface area (Å²) < 4.78 is 24.4. The highest BCUT2D eigenvalue weighted by atomic mass is 19.3. The molecule has 70 valence electrons. The molecule has 1 rings (SSSR count). The van der Waals surface area contributed by atoms with Crippen LogP contribution >= 0.6 is 0 Å². The Kier molecular flexibility index (Phi) is 2.55. The third-order valence-electron chi connectivity index (χ3n) is 1.57. The Balaban J connectivity index is 3.32. The molecule has 0 saturated heterocycles. The average Bonchev–Trinajstić information content (AvgIpc) is 2.09. The number of aromatic hydroxyl groups is 1. The molecule has 0 unspecified atom stereocenters. The van der Waals surface area contributed by atoms with Crippen molar-refractivity contribution in [3.8, 4) is 5.75 Å². The summed E-state index contributed by atoms with van der Waals surface area (Å²) in [7, 11) is 0. The summed E-state index contributed by atoms with van der Waals surface area (Å²) in [5, 5.41) is 9.13. The third kappa shape index (κ3) is 1.80. The maximum absolute atomic E-state index is 12.2. The molecule has 5 heteroatoms. The molecule has 1 heterocycles. The third-order valence-corrected chi connectivity index (χ3v) is 1.57. The van der Waals surface area contributed by atoms with Crippen molar-refractivity contribution in [2.75, 3.05) is 0 Å². The number of aryl methyl sites for hydroxylation is 1. The fourth-order valence-corrected chi connectivity index (χ4v) is 0.942. The molecule has 0 bridgehead atoms. The van der Waals surface area contributed by atoms with Crippen LogP contribution in [0.5, 0.6) is 5.75 Å². The van der Waals surface area contributed by atoms with E-state index in [-0.39, 0.29) is 11.4 Å². The van der Waals surface area contributed by atoms with E-state index >= 15 is 0 Å². The van der Waals surface area contributed by atoms with Gasteiger partial charge in [-0.05, 0) is 13.0 Å². The van der Waals surface area contributed by atoms with Gasteiger partial charge >= 0.3 is 0 Å². The Morgan fingerprint density at radius 1 is 1.62 bits per heavy atom. The summed E-state index contributed by atoms with van der Waals surface area (Å²) in [6.07, 6.45) is -2.45. The van der Waals surface area contributed by atoms with Crippen molar-refractivity contribution >= 4 is 6.29 Å². The number of halogens is 2. The zero-order valence-corrected chi connectivity index (χ0v) is 6.79. The normalized spacial score (nSPS) is 10.5. The van der Waals surface area contributed by atoms with Gasteiger partial charge in [-0.2, -0.15) is 0 Å². The lowest BCUT2D eigenvalue weighted by Gasteiger charge is -2.05. The van der Waals surface area contributed by atoms with Crippen LogP contribution in [0.15, 0.2) is 6.07 Å². The number of aldehydes is 1. The number of rotatable bonds is 2. The second-order valence-corrected chi connectivity index (χ2v) is 2.49. The maximum atomic E-state index is 12.2. The van der Waals surface area contributed by atoms with Crippen molar-refractivity contribution in [3.05, 3.63) is 23.0 Å². The van der Waals surface area contributed by atoms with E-state index < -0.39 is 17.7 Å². The zero-order valence-electron chi connectivity index (χ0n) is 6.79. The molecule has 1 aromatic heterocycles. The number of nitrogens with zero attached hydrogens (tertiary/aromatic N) is 1. The van der Waals surface area contributed by atoms with Crippen LogP contribution in [0.4, 0.5) is 8.78 Å². The van der Waals surface area contributed by atoms with E-state index in [1.54, 1.807) is 0 Å². The van der Waals surface area contributed by atoms with Gasteiger partial charge in [-0.1, -0.05) is 0 Å². The first-order valence-electron chi connectivity index (χ1n) is 3.50. The first-order chi connectivity index (χ1) is 6.06. The monoisotopic (exact) mass is 187 g/mol. The summed E-state index contributed by atoms with van der Waals surface area (Å²) >= 11 is 0. The second-order valence-electron chi connectivity index (χ2n) is 2.49. The highest BCUT2D eigenvalue weighted by Gasteiger charge is 2.16. The maximum Gasteiger partial charge on any atom is 0.267 e. The Morgan fingerprint density at radius 3 is 2.69 bits per heavy atom. The van der Waals surface area contributed by atoms with Crippen molar-refractivity contribution < 1.29 is 18.7 Å². The summed E-state index contributed by atoms with van der Waals surface area (Å²) in [5.74, 6) is -0.555. The summed E-state index contributed by atoms with van der Waals surface area (Å²) in [6, 6.07) is 0.875. The minimum atomic E-state index is -2.81. The Labute approximate surface area is 73.0 Å². The number of hydrogen-bond acceptors (Lipinski definition) is 3. The quantitative estimate of drug-likeness (QED) is 0.718. The van der Waals surface area contributed by atoms with E-state index in [4.69, 9.17) is 5.11 Å². The van der Waals surface area contributed by atoms with Crippen LogP contribution in [-0.4, -0.2) is 16.4 Å². The van der Waals surface area contributed by atoms with Gasteiger partial charge in [0, 0.05) is 0 Å². The molecule has 0 aliphatic heterocycles. The highest BCUT2D eigenvalue weighted by molar-refractivity contribution is 5.72. The standard InChI is InChI=1S/C8H7F2NO2/c1-4-7(13)6(8(9)10)2-5(3-12)11-4/h2-3,8,13H,1H3. The molecule has 13 heavy (non-hydrogen) atoms. The molecule has 1 aromatic rings. The lowest BCUT2D eigenvalue weighted by Crippen LogP contribution is -1.96. The summed E-state index contributed by atoms with van der Waals surface area (Å²) in [5.41, 5.74) is -0.639. The average molecular weight is 187 g/mol. The van der Waals surface area contributed by atoms with Crippen LogP contribution in [0.2, 0.25) is 0 Å². The van der Waals surface area contributed by atoms with E-state index in [9.17, 15) is 13.6 Å². The van der Waals surface area contributed by atoms with Gasteiger partial charge in [0.2, 0.25) is 0 Å². The molecule has 0 spiro atoms. The van der Waals surface area contributed by atoms with E-state index in [1.165, 1.54) is 6.92 Å². The van der Waals surface area contributed by atoms with Crippen LogP contribution in [0, 0.1) is 6.92 Å². The molecule has 0 aromatic carbocycles. The van der Waals surface area contributed by atoms with Gasteiger partial charge in [0.1, 0.15) is 11.4 Å². The number of hydrogen-bond donors (Lipinski definition) is 1. The Hall–Kier alpha value is -1.52. The van der Waals surface area contributed by atoms with Gasteiger partial charge in [0.25, 0.3) is 6.43 Å². The first-order valence-corrected chi connectivity index (χ1v) is 3.50. The second kappa shape index (κ2) is 3.47. The van der Waals surface area contributed by atoms with Crippen molar-refractivity contribution in [2.45, 2.75) is 13.3 Å². The van der Waals surface area contributed by atoms with E-state index in [1.807, 2.05) is 0 Å². The number of alkyl halides is 2. The zero-order chi connectivity index (χ0) is 10.0. The van der Waals surface area contributed by atoms with Gasteiger partial charge in [-0.3, -0.25) is 4.79 Å². The molecule has 0 fully saturated rings. The molecule has 0 saturated carbocycles. The Morgan fingerprint density at radius 2 is 2.23 bits per heavy atom. The largest absolute Gasteiger partial charge is 0.506 e. The van der Waals surface area contributed by atoms with Crippen LogP contribution in [0.3, 0.4) is 0 Å². The van der Waals surface area contributed by atoms with Crippen LogP contribution < -0.4 is 0 Å². The molecule has 3 nitrogen and oxygen atoms in total. The predicted molar refractivity (Wildman–Crippen MR) is 41.0 cm³/mol. The summed E-state index contributed by atoms with van der Waals surface area (Å²) in [6.45, 7) is 1.36. The van der Waals surface area contributed by atoms with E-state index in [0.717, 1.165) is 6.07 Å². The minimum Gasteiger partial charge on any atom is -0.506 e. The highest BCUT2D eigenvalue weighted by Crippen LogP contribution is 2.29. The molecule has 1 N–H and O–H groups in total.